The monoisotopic (exact) mass is 370 g/mol. The van der Waals surface area contributed by atoms with Crippen molar-refractivity contribution in [3.05, 3.63) is 53.1 Å². The normalized spacial score (nSPS) is 21.8. The second kappa shape index (κ2) is 8.21. The van der Waals surface area contributed by atoms with E-state index in [2.05, 4.69) is 21.8 Å². The Morgan fingerprint density at radius 1 is 1.30 bits per heavy atom. The standard InChI is InChI=1S/C21H27FN4O/c22-17-6-4-15(5-7-17)12-16-2-1-3-20(16)24-21(27)9-8-18-13-19-14-23-10-11-26(19)25-18/h4-7,13,16,20,23H,1-3,8-12,14H2,(H,24,27)/t16-,20-/m0/s1. The Balaban J connectivity index is 1.28. The Hall–Kier alpha value is -2.21. The van der Waals surface area contributed by atoms with Crippen molar-refractivity contribution in [2.45, 2.75) is 57.7 Å². The minimum Gasteiger partial charge on any atom is -0.353 e. The number of fused-ring (bicyclic) bond motifs is 1. The molecule has 0 saturated heterocycles. The second-order valence-electron chi connectivity index (χ2n) is 7.72. The van der Waals surface area contributed by atoms with Crippen LogP contribution in [-0.4, -0.2) is 28.3 Å². The van der Waals surface area contributed by atoms with E-state index in [1.165, 1.54) is 17.8 Å². The van der Waals surface area contributed by atoms with Gasteiger partial charge in [-0.1, -0.05) is 18.6 Å². The molecule has 0 radical (unpaired) electrons. The number of carbonyl (C=O) groups excluding carboxylic acids is 1. The molecule has 0 bridgehead atoms. The van der Waals surface area contributed by atoms with Gasteiger partial charge in [0.2, 0.25) is 5.91 Å². The molecule has 4 rings (SSSR count). The van der Waals surface area contributed by atoms with E-state index in [-0.39, 0.29) is 17.8 Å². The van der Waals surface area contributed by atoms with Gasteiger partial charge in [0, 0.05) is 32.0 Å². The molecule has 1 aromatic carbocycles. The fourth-order valence-electron chi connectivity index (χ4n) is 4.29. The Morgan fingerprint density at radius 2 is 2.15 bits per heavy atom. The number of aromatic nitrogens is 2. The number of hydrogen-bond donors (Lipinski definition) is 2. The fraction of sp³-hybridized carbons (Fsp3) is 0.524. The molecule has 27 heavy (non-hydrogen) atoms. The zero-order valence-corrected chi connectivity index (χ0v) is 15.6. The lowest BCUT2D eigenvalue weighted by Gasteiger charge is -2.21. The number of carbonyl (C=O) groups is 1. The average molecular weight is 370 g/mol. The molecule has 1 amide bonds. The van der Waals surface area contributed by atoms with E-state index in [0.29, 0.717) is 18.8 Å². The van der Waals surface area contributed by atoms with Crippen LogP contribution in [0.3, 0.4) is 0 Å². The molecule has 1 saturated carbocycles. The number of halogens is 1. The molecule has 1 aromatic heterocycles. The lowest BCUT2D eigenvalue weighted by Crippen LogP contribution is -2.38. The minimum absolute atomic E-state index is 0.107. The topological polar surface area (TPSA) is 59.0 Å². The number of amides is 1. The van der Waals surface area contributed by atoms with Crippen LogP contribution < -0.4 is 10.6 Å². The summed E-state index contributed by atoms with van der Waals surface area (Å²) in [5.74, 6) is 0.340. The molecule has 1 aliphatic carbocycles. The average Bonchev–Trinajstić information content (AvgIpc) is 3.28. The molecule has 2 N–H and O–H groups in total. The first-order valence-corrected chi connectivity index (χ1v) is 9.97. The van der Waals surface area contributed by atoms with Crippen molar-refractivity contribution >= 4 is 5.91 Å². The summed E-state index contributed by atoms with van der Waals surface area (Å²) in [6, 6.07) is 9.05. The summed E-state index contributed by atoms with van der Waals surface area (Å²) >= 11 is 0. The van der Waals surface area contributed by atoms with E-state index >= 15 is 0 Å². The molecule has 2 aliphatic rings. The van der Waals surface area contributed by atoms with Crippen molar-refractivity contribution in [3.8, 4) is 0 Å². The molecule has 5 nitrogen and oxygen atoms in total. The van der Waals surface area contributed by atoms with E-state index in [4.69, 9.17) is 0 Å². The van der Waals surface area contributed by atoms with Crippen LogP contribution in [0.2, 0.25) is 0 Å². The summed E-state index contributed by atoms with van der Waals surface area (Å²) < 4.78 is 15.1. The van der Waals surface area contributed by atoms with Gasteiger partial charge < -0.3 is 10.6 Å². The van der Waals surface area contributed by atoms with Crippen molar-refractivity contribution in [2.75, 3.05) is 6.54 Å². The lowest BCUT2D eigenvalue weighted by atomic mass is 9.94. The molecule has 6 heteroatoms. The van der Waals surface area contributed by atoms with E-state index in [1.54, 1.807) is 0 Å². The van der Waals surface area contributed by atoms with E-state index in [1.807, 2.05) is 16.8 Å². The van der Waals surface area contributed by atoms with Crippen molar-refractivity contribution in [3.63, 3.8) is 0 Å². The highest BCUT2D eigenvalue weighted by atomic mass is 19.1. The van der Waals surface area contributed by atoms with Gasteiger partial charge in [-0.2, -0.15) is 5.10 Å². The molecule has 1 aliphatic heterocycles. The molecule has 0 unspecified atom stereocenters. The zero-order chi connectivity index (χ0) is 18.6. The fourth-order valence-corrected chi connectivity index (χ4v) is 4.29. The van der Waals surface area contributed by atoms with Gasteiger partial charge in [0.25, 0.3) is 0 Å². The lowest BCUT2D eigenvalue weighted by molar-refractivity contribution is -0.122. The predicted octanol–water partition coefficient (Wildman–Crippen LogP) is 2.59. The van der Waals surface area contributed by atoms with Crippen molar-refractivity contribution in [1.82, 2.24) is 20.4 Å². The smallest absolute Gasteiger partial charge is 0.220 e. The molecular formula is C21H27FN4O. The Kier molecular flexibility index (Phi) is 5.53. The van der Waals surface area contributed by atoms with E-state index in [9.17, 15) is 9.18 Å². The number of rotatable bonds is 6. The van der Waals surface area contributed by atoms with Crippen LogP contribution in [-0.2, 0) is 30.7 Å². The third-order valence-corrected chi connectivity index (χ3v) is 5.75. The van der Waals surface area contributed by atoms with Gasteiger partial charge in [0.1, 0.15) is 5.82 Å². The molecule has 2 atom stereocenters. The zero-order valence-electron chi connectivity index (χ0n) is 15.6. The third kappa shape index (κ3) is 4.56. The predicted molar refractivity (Wildman–Crippen MR) is 102 cm³/mol. The Labute approximate surface area is 159 Å². The second-order valence-corrected chi connectivity index (χ2v) is 7.72. The first-order chi connectivity index (χ1) is 13.2. The van der Waals surface area contributed by atoms with Gasteiger partial charge in [0.15, 0.2) is 0 Å². The van der Waals surface area contributed by atoms with Crippen LogP contribution in [0.1, 0.15) is 42.6 Å². The molecule has 0 spiro atoms. The van der Waals surface area contributed by atoms with Crippen molar-refractivity contribution < 1.29 is 9.18 Å². The number of aryl methyl sites for hydroxylation is 1. The highest BCUT2D eigenvalue weighted by Gasteiger charge is 2.28. The molecule has 2 aromatic rings. The number of hydrogen-bond acceptors (Lipinski definition) is 3. The maximum atomic E-state index is 13.1. The van der Waals surface area contributed by atoms with Crippen LogP contribution in [0.25, 0.3) is 0 Å². The van der Waals surface area contributed by atoms with Gasteiger partial charge >= 0.3 is 0 Å². The molecule has 2 heterocycles. The van der Waals surface area contributed by atoms with E-state index in [0.717, 1.165) is 56.6 Å². The van der Waals surface area contributed by atoms with Crippen LogP contribution in [0.5, 0.6) is 0 Å². The van der Waals surface area contributed by atoms with Crippen LogP contribution >= 0.6 is 0 Å². The maximum Gasteiger partial charge on any atom is 0.220 e. The summed E-state index contributed by atoms with van der Waals surface area (Å²) in [5, 5.41) is 11.2. The number of nitrogens with zero attached hydrogens (tertiary/aromatic N) is 2. The van der Waals surface area contributed by atoms with Crippen molar-refractivity contribution in [1.29, 1.82) is 0 Å². The van der Waals surface area contributed by atoms with Gasteiger partial charge in [-0.3, -0.25) is 9.48 Å². The van der Waals surface area contributed by atoms with Crippen LogP contribution in [0.4, 0.5) is 4.39 Å². The summed E-state index contributed by atoms with van der Waals surface area (Å²) in [6.45, 7) is 2.70. The van der Waals surface area contributed by atoms with Gasteiger partial charge in [-0.15, -0.1) is 0 Å². The summed E-state index contributed by atoms with van der Waals surface area (Å²) in [5.41, 5.74) is 3.34. The third-order valence-electron chi connectivity index (χ3n) is 5.75. The SMILES string of the molecule is O=C(CCc1cc2n(n1)CCNC2)N[C@H]1CCC[C@H]1Cc1ccc(F)cc1. The van der Waals surface area contributed by atoms with Gasteiger partial charge in [-0.05, 0) is 48.9 Å². The highest BCUT2D eigenvalue weighted by molar-refractivity contribution is 5.76. The first-order valence-electron chi connectivity index (χ1n) is 9.97. The largest absolute Gasteiger partial charge is 0.353 e. The Bertz CT molecular complexity index is 762. The van der Waals surface area contributed by atoms with Crippen molar-refractivity contribution in [2.24, 2.45) is 5.92 Å². The number of nitrogens with one attached hydrogen (secondary N) is 2. The van der Waals surface area contributed by atoms with Gasteiger partial charge in [0.05, 0.1) is 17.9 Å². The quantitative estimate of drug-likeness (QED) is 0.822. The Morgan fingerprint density at radius 3 is 2.96 bits per heavy atom. The summed E-state index contributed by atoms with van der Waals surface area (Å²) in [6.07, 6.45) is 5.33. The molecule has 1 fully saturated rings. The molecule has 144 valence electrons. The van der Waals surface area contributed by atoms with Gasteiger partial charge in [-0.25, -0.2) is 4.39 Å². The van der Waals surface area contributed by atoms with Crippen LogP contribution in [0.15, 0.2) is 30.3 Å². The van der Waals surface area contributed by atoms with E-state index < -0.39 is 0 Å². The maximum absolute atomic E-state index is 13.1. The van der Waals surface area contributed by atoms with Crippen LogP contribution in [0, 0.1) is 11.7 Å². The molecular weight excluding hydrogens is 343 g/mol. The summed E-state index contributed by atoms with van der Waals surface area (Å²) in [7, 11) is 0. The minimum atomic E-state index is -0.202. The number of benzene rings is 1. The highest BCUT2D eigenvalue weighted by Crippen LogP contribution is 2.29. The summed E-state index contributed by atoms with van der Waals surface area (Å²) in [4.78, 5) is 12.5. The first kappa shape index (κ1) is 18.2.